The maximum atomic E-state index is 11.9. The minimum Gasteiger partial charge on any atom is -0.364 e. The first-order valence-corrected chi connectivity index (χ1v) is 8.55. The van der Waals surface area contributed by atoms with Gasteiger partial charge in [-0.2, -0.15) is 4.98 Å². The lowest BCUT2D eigenvalue weighted by atomic mass is 10.0. The predicted molar refractivity (Wildman–Crippen MR) is 97.6 cm³/mol. The summed E-state index contributed by atoms with van der Waals surface area (Å²) >= 11 is 0. The summed E-state index contributed by atoms with van der Waals surface area (Å²) in [5, 5.41) is 13.2. The summed E-state index contributed by atoms with van der Waals surface area (Å²) in [7, 11) is 0. The van der Waals surface area contributed by atoms with E-state index in [1.165, 1.54) is 4.52 Å². The van der Waals surface area contributed by atoms with Crippen molar-refractivity contribution >= 4 is 23.5 Å². The van der Waals surface area contributed by atoms with E-state index in [-0.39, 0.29) is 11.6 Å². The van der Waals surface area contributed by atoms with E-state index in [1.807, 2.05) is 13.8 Å². The molecule has 0 unspecified atom stereocenters. The summed E-state index contributed by atoms with van der Waals surface area (Å²) < 4.78 is 6.50. The van der Waals surface area contributed by atoms with Gasteiger partial charge < -0.3 is 15.6 Å². The molecular formula is C17H21N7O3. The molecule has 3 heterocycles. The fraction of sp³-hybridized carbons (Fsp3) is 0.353. The van der Waals surface area contributed by atoms with Gasteiger partial charge in [-0.05, 0) is 51.3 Å². The third-order valence-electron chi connectivity index (χ3n) is 4.16. The number of fused-ring (bicyclic) bond motifs is 1. The Morgan fingerprint density at radius 1 is 1.26 bits per heavy atom. The Bertz CT molecular complexity index is 986. The van der Waals surface area contributed by atoms with Gasteiger partial charge in [-0.15, -0.1) is 5.10 Å². The number of nitrogens with two attached hydrogens (primary N) is 1. The van der Waals surface area contributed by atoms with Gasteiger partial charge in [0, 0.05) is 12.1 Å². The zero-order valence-electron chi connectivity index (χ0n) is 15.4. The average molecular weight is 371 g/mol. The van der Waals surface area contributed by atoms with Gasteiger partial charge in [0.25, 0.3) is 11.9 Å². The van der Waals surface area contributed by atoms with Crippen molar-refractivity contribution in [2.45, 2.75) is 33.6 Å². The van der Waals surface area contributed by atoms with Crippen molar-refractivity contribution in [1.82, 2.24) is 25.1 Å². The van der Waals surface area contributed by atoms with E-state index in [1.54, 1.807) is 19.1 Å². The lowest BCUT2D eigenvalue weighted by Gasteiger charge is -2.05. The summed E-state index contributed by atoms with van der Waals surface area (Å²) in [5.74, 6) is 0.236. The normalized spacial score (nSPS) is 10.9. The second kappa shape index (κ2) is 7.44. The van der Waals surface area contributed by atoms with Gasteiger partial charge in [0.05, 0.1) is 5.69 Å². The molecule has 3 amide bonds. The van der Waals surface area contributed by atoms with E-state index >= 15 is 0 Å². The minimum absolute atomic E-state index is 0.0892. The molecule has 142 valence electrons. The van der Waals surface area contributed by atoms with Gasteiger partial charge >= 0.3 is 6.03 Å². The third kappa shape index (κ3) is 3.89. The van der Waals surface area contributed by atoms with Crippen LogP contribution in [0.5, 0.6) is 0 Å². The zero-order chi connectivity index (χ0) is 19.6. The Morgan fingerprint density at radius 2 is 2.04 bits per heavy atom. The Balaban J connectivity index is 1.90. The van der Waals surface area contributed by atoms with Crippen LogP contribution in [0.4, 0.5) is 10.7 Å². The Labute approximate surface area is 155 Å². The number of nitrogens with one attached hydrogen (secondary N) is 2. The summed E-state index contributed by atoms with van der Waals surface area (Å²) in [5.41, 5.74) is 8.86. The molecule has 0 spiro atoms. The van der Waals surface area contributed by atoms with E-state index in [2.05, 4.69) is 25.9 Å². The molecule has 3 rings (SSSR count). The fourth-order valence-electron chi connectivity index (χ4n) is 2.85. The quantitative estimate of drug-likeness (QED) is 0.597. The van der Waals surface area contributed by atoms with Crippen LogP contribution in [0, 0.1) is 13.8 Å². The van der Waals surface area contributed by atoms with Crippen molar-refractivity contribution in [3.8, 4) is 0 Å². The first-order chi connectivity index (χ1) is 12.9. The molecule has 3 aromatic heterocycles. The number of hydrogen-bond donors (Lipinski definition) is 3. The van der Waals surface area contributed by atoms with Crippen LogP contribution in [0.25, 0.3) is 5.65 Å². The summed E-state index contributed by atoms with van der Waals surface area (Å²) in [4.78, 5) is 27.8. The molecular weight excluding hydrogens is 350 g/mol. The van der Waals surface area contributed by atoms with Crippen LogP contribution >= 0.6 is 0 Å². The van der Waals surface area contributed by atoms with Crippen LogP contribution < -0.4 is 16.4 Å². The molecule has 0 bridgehead atoms. The van der Waals surface area contributed by atoms with Gasteiger partial charge in [-0.1, -0.05) is 5.16 Å². The Hall–Kier alpha value is -3.43. The molecule has 0 radical (unpaired) electrons. The molecule has 27 heavy (non-hydrogen) atoms. The summed E-state index contributed by atoms with van der Waals surface area (Å²) in [6.07, 6.45) is 1.35. The molecule has 4 N–H and O–H groups in total. The first-order valence-electron chi connectivity index (χ1n) is 8.55. The molecule has 0 saturated carbocycles. The third-order valence-corrected chi connectivity index (χ3v) is 4.16. The standard InChI is InChI=1S/C17H21N7O3/c1-4-19-17(26)21-16-20-14-8-11(7-13(15(18)25)24(14)22-16)5-6-12-9(2)23-27-10(12)3/h7-8H,4-6H2,1-3H3,(H2,18,25)(H2,19,21,22,26). The number of anilines is 1. The maximum Gasteiger partial charge on any atom is 0.321 e. The van der Waals surface area contributed by atoms with Crippen molar-refractivity contribution in [3.05, 3.63) is 40.4 Å². The maximum absolute atomic E-state index is 11.9. The van der Waals surface area contributed by atoms with Crippen LogP contribution in [0.3, 0.4) is 0 Å². The number of aromatic nitrogens is 4. The number of carbonyl (C=O) groups excluding carboxylic acids is 2. The molecule has 0 atom stereocenters. The lowest BCUT2D eigenvalue weighted by Crippen LogP contribution is -2.28. The number of rotatable bonds is 6. The topological polar surface area (TPSA) is 140 Å². The summed E-state index contributed by atoms with van der Waals surface area (Å²) in [6, 6.07) is 3.06. The Kier molecular flexibility index (Phi) is 5.06. The smallest absolute Gasteiger partial charge is 0.321 e. The largest absolute Gasteiger partial charge is 0.364 e. The van der Waals surface area contributed by atoms with Crippen LogP contribution in [0.2, 0.25) is 0 Å². The monoisotopic (exact) mass is 371 g/mol. The molecule has 0 aliphatic rings. The van der Waals surface area contributed by atoms with Crippen LogP contribution in [0.1, 0.15) is 40.0 Å². The molecule has 10 nitrogen and oxygen atoms in total. The predicted octanol–water partition coefficient (Wildman–Crippen LogP) is 1.36. The van der Waals surface area contributed by atoms with Gasteiger partial charge in [-0.3, -0.25) is 10.1 Å². The molecule has 0 aromatic carbocycles. The molecule has 0 aliphatic heterocycles. The lowest BCUT2D eigenvalue weighted by molar-refractivity contribution is 0.0993. The fourth-order valence-corrected chi connectivity index (χ4v) is 2.85. The zero-order valence-corrected chi connectivity index (χ0v) is 15.4. The summed E-state index contributed by atoms with van der Waals surface area (Å²) in [6.45, 7) is 6.03. The van der Waals surface area contributed by atoms with E-state index in [4.69, 9.17) is 10.3 Å². The van der Waals surface area contributed by atoms with Gasteiger partial charge in [0.15, 0.2) is 5.65 Å². The average Bonchev–Trinajstić information content (AvgIpc) is 3.15. The molecule has 3 aromatic rings. The van der Waals surface area contributed by atoms with Gasteiger partial charge in [0.2, 0.25) is 0 Å². The molecule has 0 saturated heterocycles. The first kappa shape index (κ1) is 18.4. The van der Waals surface area contributed by atoms with Crippen molar-refractivity contribution in [2.75, 3.05) is 11.9 Å². The molecule has 0 aliphatic carbocycles. The number of carbonyl (C=O) groups is 2. The van der Waals surface area contributed by atoms with Gasteiger partial charge in [-0.25, -0.2) is 9.31 Å². The van der Waals surface area contributed by atoms with Crippen molar-refractivity contribution in [2.24, 2.45) is 5.73 Å². The molecule has 10 heteroatoms. The van der Waals surface area contributed by atoms with Crippen LogP contribution in [0.15, 0.2) is 16.7 Å². The van der Waals surface area contributed by atoms with Crippen LogP contribution in [-0.2, 0) is 12.8 Å². The van der Waals surface area contributed by atoms with E-state index in [0.29, 0.717) is 25.0 Å². The minimum atomic E-state index is -0.631. The van der Waals surface area contributed by atoms with E-state index < -0.39 is 11.9 Å². The van der Waals surface area contributed by atoms with Crippen molar-refractivity contribution in [1.29, 1.82) is 0 Å². The van der Waals surface area contributed by atoms with E-state index in [9.17, 15) is 9.59 Å². The highest BCUT2D eigenvalue weighted by Crippen LogP contribution is 2.18. The number of amides is 3. The highest BCUT2D eigenvalue weighted by atomic mass is 16.5. The number of primary amides is 1. The second-order valence-electron chi connectivity index (χ2n) is 6.11. The highest BCUT2D eigenvalue weighted by Gasteiger charge is 2.16. The number of aryl methyl sites for hydroxylation is 3. The SMILES string of the molecule is CCNC(=O)Nc1nc2cc(CCc3c(C)noc3C)cc(C(N)=O)n2n1. The van der Waals surface area contributed by atoms with Gasteiger partial charge in [0.1, 0.15) is 11.5 Å². The van der Waals surface area contributed by atoms with Crippen molar-refractivity contribution < 1.29 is 14.1 Å². The van der Waals surface area contributed by atoms with E-state index in [0.717, 1.165) is 22.6 Å². The Morgan fingerprint density at radius 3 is 2.67 bits per heavy atom. The second-order valence-corrected chi connectivity index (χ2v) is 6.11. The highest BCUT2D eigenvalue weighted by molar-refractivity contribution is 5.92. The number of urea groups is 1. The van der Waals surface area contributed by atoms with Crippen LogP contribution in [-0.4, -0.2) is 38.2 Å². The molecule has 0 fully saturated rings. The van der Waals surface area contributed by atoms with Crippen molar-refractivity contribution in [3.63, 3.8) is 0 Å². The number of hydrogen-bond acceptors (Lipinski definition) is 6. The number of nitrogens with zero attached hydrogens (tertiary/aromatic N) is 4. The number of pyridine rings is 1.